The van der Waals surface area contributed by atoms with Crippen LogP contribution >= 0.6 is 11.8 Å². The first kappa shape index (κ1) is 16.8. The summed E-state index contributed by atoms with van der Waals surface area (Å²) in [7, 11) is 0. The van der Waals surface area contributed by atoms with Gasteiger partial charge in [-0.1, -0.05) is 12.1 Å². The van der Waals surface area contributed by atoms with Crippen molar-refractivity contribution in [2.45, 2.75) is 30.8 Å². The van der Waals surface area contributed by atoms with Crippen LogP contribution in [0.15, 0.2) is 47.5 Å². The lowest BCUT2D eigenvalue weighted by Crippen LogP contribution is -2.42. The van der Waals surface area contributed by atoms with Crippen LogP contribution in [0.4, 0.5) is 0 Å². The molecule has 0 unspecified atom stereocenters. The Morgan fingerprint density at radius 3 is 2.62 bits per heavy atom. The van der Waals surface area contributed by atoms with E-state index in [9.17, 15) is 4.79 Å². The zero-order chi connectivity index (χ0) is 16.9. The van der Waals surface area contributed by atoms with E-state index in [0.717, 1.165) is 47.8 Å². The van der Waals surface area contributed by atoms with Crippen molar-refractivity contribution in [1.29, 1.82) is 0 Å². The van der Waals surface area contributed by atoms with Gasteiger partial charge in [0.25, 0.3) is 5.91 Å². The Morgan fingerprint density at radius 2 is 1.96 bits per heavy atom. The molecule has 126 valence electrons. The second kappa shape index (κ2) is 7.71. The third-order valence-corrected chi connectivity index (χ3v) is 5.05. The maximum absolute atomic E-state index is 12.7. The van der Waals surface area contributed by atoms with Crippen molar-refractivity contribution in [3.05, 3.63) is 53.9 Å². The van der Waals surface area contributed by atoms with Gasteiger partial charge in [0.1, 0.15) is 11.9 Å². The highest BCUT2D eigenvalue weighted by molar-refractivity contribution is 7.98. The Kier molecular flexibility index (Phi) is 5.41. The van der Waals surface area contributed by atoms with Crippen LogP contribution in [0.2, 0.25) is 0 Å². The Labute approximate surface area is 147 Å². The zero-order valence-electron chi connectivity index (χ0n) is 14.1. The van der Waals surface area contributed by atoms with Gasteiger partial charge in [-0.2, -0.15) is 0 Å². The van der Waals surface area contributed by atoms with Crippen LogP contribution in [0.25, 0.3) is 0 Å². The summed E-state index contributed by atoms with van der Waals surface area (Å²) in [5, 5.41) is 0. The van der Waals surface area contributed by atoms with Crippen LogP contribution < -0.4 is 4.74 Å². The SMILES string of the molecule is CSc1ccccc1C(=O)N1CCC(Oc2ccc(C)nc2)CC1. The maximum Gasteiger partial charge on any atom is 0.254 e. The normalized spacial score (nSPS) is 15.3. The molecule has 1 aromatic heterocycles. The van der Waals surface area contributed by atoms with E-state index in [1.54, 1.807) is 18.0 Å². The van der Waals surface area contributed by atoms with Crippen LogP contribution in [0.1, 0.15) is 28.9 Å². The molecule has 0 saturated carbocycles. The van der Waals surface area contributed by atoms with Crippen molar-refractivity contribution in [2.24, 2.45) is 0 Å². The number of likely N-dealkylation sites (tertiary alicyclic amines) is 1. The van der Waals surface area contributed by atoms with Crippen LogP contribution in [0.3, 0.4) is 0 Å². The van der Waals surface area contributed by atoms with E-state index in [2.05, 4.69) is 4.98 Å². The van der Waals surface area contributed by atoms with Crippen molar-refractivity contribution in [3.8, 4) is 5.75 Å². The van der Waals surface area contributed by atoms with Gasteiger partial charge in [-0.25, -0.2) is 0 Å². The number of amides is 1. The largest absolute Gasteiger partial charge is 0.489 e. The molecule has 4 nitrogen and oxygen atoms in total. The summed E-state index contributed by atoms with van der Waals surface area (Å²) in [5.74, 6) is 0.925. The molecule has 0 N–H and O–H groups in total. The number of ether oxygens (including phenoxy) is 1. The average Bonchev–Trinajstić information content (AvgIpc) is 2.63. The third kappa shape index (κ3) is 3.90. The van der Waals surface area contributed by atoms with E-state index in [0.29, 0.717) is 0 Å². The Morgan fingerprint density at radius 1 is 1.21 bits per heavy atom. The molecule has 0 spiro atoms. The minimum Gasteiger partial charge on any atom is -0.489 e. The van der Waals surface area contributed by atoms with E-state index in [4.69, 9.17) is 4.74 Å². The van der Waals surface area contributed by atoms with Crippen molar-refractivity contribution in [2.75, 3.05) is 19.3 Å². The molecule has 0 aliphatic carbocycles. The van der Waals surface area contributed by atoms with E-state index in [1.165, 1.54) is 0 Å². The Balaban J connectivity index is 1.58. The summed E-state index contributed by atoms with van der Waals surface area (Å²) in [5.41, 5.74) is 1.78. The lowest BCUT2D eigenvalue weighted by molar-refractivity contribution is 0.0591. The molecule has 0 atom stereocenters. The first-order valence-corrected chi connectivity index (χ1v) is 9.41. The van der Waals surface area contributed by atoms with Crippen LogP contribution in [0, 0.1) is 6.92 Å². The molecule has 0 bridgehead atoms. The first-order chi connectivity index (χ1) is 11.7. The number of carbonyl (C=O) groups is 1. The number of thioether (sulfide) groups is 1. The smallest absolute Gasteiger partial charge is 0.254 e. The molecule has 2 heterocycles. The average molecular weight is 342 g/mol. The minimum atomic E-state index is 0.121. The number of nitrogens with zero attached hydrogens (tertiary/aromatic N) is 2. The zero-order valence-corrected chi connectivity index (χ0v) is 14.9. The monoisotopic (exact) mass is 342 g/mol. The number of carbonyl (C=O) groups excluding carboxylic acids is 1. The standard InChI is InChI=1S/C19H22N2O2S/c1-14-7-8-16(13-20-14)23-15-9-11-21(12-10-15)19(22)17-5-3-4-6-18(17)24-2/h3-8,13,15H,9-12H2,1-2H3. The number of hydrogen-bond donors (Lipinski definition) is 0. The fraction of sp³-hybridized carbons (Fsp3) is 0.368. The fourth-order valence-corrected chi connectivity index (χ4v) is 3.47. The number of aryl methyl sites for hydroxylation is 1. The van der Waals surface area contributed by atoms with Crippen molar-refractivity contribution >= 4 is 17.7 Å². The van der Waals surface area contributed by atoms with Gasteiger partial charge in [-0.15, -0.1) is 11.8 Å². The number of aromatic nitrogens is 1. The lowest BCUT2D eigenvalue weighted by Gasteiger charge is -2.32. The van der Waals surface area contributed by atoms with Gasteiger partial charge in [0, 0.05) is 36.5 Å². The van der Waals surface area contributed by atoms with Gasteiger partial charge < -0.3 is 9.64 Å². The second-order valence-electron chi connectivity index (χ2n) is 5.94. The van der Waals surface area contributed by atoms with Crippen molar-refractivity contribution < 1.29 is 9.53 Å². The van der Waals surface area contributed by atoms with Crippen LogP contribution in [0.5, 0.6) is 5.75 Å². The number of hydrogen-bond acceptors (Lipinski definition) is 4. The molecule has 2 aromatic rings. The molecule has 1 saturated heterocycles. The highest BCUT2D eigenvalue weighted by Gasteiger charge is 2.25. The molecular weight excluding hydrogens is 320 g/mol. The number of pyridine rings is 1. The number of rotatable bonds is 4. The minimum absolute atomic E-state index is 0.121. The van der Waals surface area contributed by atoms with E-state index in [-0.39, 0.29) is 12.0 Å². The third-order valence-electron chi connectivity index (χ3n) is 4.25. The summed E-state index contributed by atoms with van der Waals surface area (Å²) in [6.07, 6.45) is 5.61. The lowest BCUT2D eigenvalue weighted by atomic mass is 10.1. The van der Waals surface area contributed by atoms with Crippen LogP contribution in [-0.4, -0.2) is 41.2 Å². The summed E-state index contributed by atoms with van der Waals surface area (Å²) in [4.78, 5) is 20.0. The van der Waals surface area contributed by atoms with E-state index >= 15 is 0 Å². The number of piperidine rings is 1. The highest BCUT2D eigenvalue weighted by atomic mass is 32.2. The Hall–Kier alpha value is -2.01. The summed E-state index contributed by atoms with van der Waals surface area (Å²) < 4.78 is 5.98. The second-order valence-corrected chi connectivity index (χ2v) is 6.79. The molecule has 1 fully saturated rings. The summed E-state index contributed by atoms with van der Waals surface area (Å²) >= 11 is 1.61. The first-order valence-electron chi connectivity index (χ1n) is 8.19. The fourth-order valence-electron chi connectivity index (χ4n) is 2.88. The molecular formula is C19H22N2O2S. The van der Waals surface area contributed by atoms with Crippen molar-refractivity contribution in [1.82, 2.24) is 9.88 Å². The topological polar surface area (TPSA) is 42.4 Å². The van der Waals surface area contributed by atoms with Gasteiger partial charge in [0.05, 0.1) is 11.8 Å². The van der Waals surface area contributed by atoms with Gasteiger partial charge in [0.15, 0.2) is 0 Å². The van der Waals surface area contributed by atoms with Gasteiger partial charge >= 0.3 is 0 Å². The number of benzene rings is 1. The summed E-state index contributed by atoms with van der Waals surface area (Å²) in [6.45, 7) is 3.41. The highest BCUT2D eigenvalue weighted by Crippen LogP contribution is 2.24. The van der Waals surface area contributed by atoms with E-state index < -0.39 is 0 Å². The molecule has 1 aliphatic rings. The molecule has 1 aliphatic heterocycles. The van der Waals surface area contributed by atoms with Crippen LogP contribution in [-0.2, 0) is 0 Å². The van der Waals surface area contributed by atoms with Crippen molar-refractivity contribution in [3.63, 3.8) is 0 Å². The van der Waals surface area contributed by atoms with E-state index in [1.807, 2.05) is 54.5 Å². The predicted octanol–water partition coefficient (Wildman–Crippen LogP) is 3.80. The Bertz CT molecular complexity index is 695. The molecule has 1 aromatic carbocycles. The molecule has 5 heteroatoms. The van der Waals surface area contributed by atoms with Gasteiger partial charge in [-0.3, -0.25) is 9.78 Å². The maximum atomic E-state index is 12.7. The molecule has 0 radical (unpaired) electrons. The summed E-state index contributed by atoms with van der Waals surface area (Å²) in [6, 6.07) is 11.7. The van der Waals surface area contributed by atoms with Gasteiger partial charge in [-0.05, 0) is 37.4 Å². The quantitative estimate of drug-likeness (QED) is 0.793. The molecule has 24 heavy (non-hydrogen) atoms. The van der Waals surface area contributed by atoms with Gasteiger partial charge in [0.2, 0.25) is 0 Å². The molecule has 3 rings (SSSR count). The predicted molar refractivity (Wildman–Crippen MR) is 96.8 cm³/mol. The molecule has 1 amide bonds.